The molecule has 0 unspecified atom stereocenters. The maximum atomic E-state index is 13.3. The zero-order chi connectivity index (χ0) is 25.7. The number of amides is 1. The van der Waals surface area contributed by atoms with Crippen LogP contribution < -0.4 is 18.9 Å². The average molecular weight is 485 g/mol. The van der Waals surface area contributed by atoms with Gasteiger partial charge in [0.1, 0.15) is 11.5 Å². The van der Waals surface area contributed by atoms with Crippen molar-refractivity contribution >= 4 is 17.4 Å². The van der Waals surface area contributed by atoms with Gasteiger partial charge in [-0.1, -0.05) is 12.1 Å². The summed E-state index contributed by atoms with van der Waals surface area (Å²) < 4.78 is 21.7. The molecule has 0 aromatic heterocycles. The van der Waals surface area contributed by atoms with Gasteiger partial charge in [-0.25, -0.2) is 0 Å². The summed E-state index contributed by atoms with van der Waals surface area (Å²) in [5, 5.41) is 11.3. The molecule has 0 aliphatic carbocycles. The minimum absolute atomic E-state index is 0.0117. The Balaban J connectivity index is 2.22. The van der Waals surface area contributed by atoms with Gasteiger partial charge in [-0.15, -0.1) is 0 Å². The number of aliphatic hydroxyl groups excluding tert-OH is 1. The van der Waals surface area contributed by atoms with E-state index in [-0.39, 0.29) is 11.3 Å². The Morgan fingerprint density at radius 3 is 2.17 bits per heavy atom. The highest BCUT2D eigenvalue weighted by Gasteiger charge is 2.46. The van der Waals surface area contributed by atoms with Crippen LogP contribution in [0.15, 0.2) is 42.0 Å². The molecule has 1 aliphatic heterocycles. The largest absolute Gasteiger partial charge is 0.507 e. The Morgan fingerprint density at radius 1 is 0.971 bits per heavy atom. The number of ether oxygens (including phenoxy) is 4. The highest BCUT2D eigenvalue weighted by Crippen LogP contribution is 2.45. The highest BCUT2D eigenvalue weighted by molar-refractivity contribution is 6.46. The third-order valence-electron chi connectivity index (χ3n) is 5.89. The van der Waals surface area contributed by atoms with E-state index in [0.29, 0.717) is 47.1 Å². The van der Waals surface area contributed by atoms with E-state index < -0.39 is 17.7 Å². The van der Waals surface area contributed by atoms with Gasteiger partial charge in [0.15, 0.2) is 11.5 Å². The number of carbonyl (C=O) groups is 2. The summed E-state index contributed by atoms with van der Waals surface area (Å²) >= 11 is 0. The molecule has 1 aliphatic rings. The van der Waals surface area contributed by atoms with Crippen molar-refractivity contribution in [2.24, 2.45) is 0 Å². The molecule has 0 radical (unpaired) electrons. The second-order valence-electron chi connectivity index (χ2n) is 8.34. The summed E-state index contributed by atoms with van der Waals surface area (Å²) in [6, 6.07) is 9.23. The fraction of sp³-hybridized carbons (Fsp3) is 0.385. The van der Waals surface area contributed by atoms with Crippen molar-refractivity contribution in [3.05, 3.63) is 53.1 Å². The molecule has 1 saturated heterocycles. The Labute approximate surface area is 205 Å². The number of rotatable bonds is 10. The number of methoxy groups -OCH3 is 4. The molecule has 0 spiro atoms. The second-order valence-corrected chi connectivity index (χ2v) is 8.34. The standard InChI is InChI=1S/C26H32N2O7/c1-27(2)11-8-12-28-22(17-14-19(33-4)25(35-6)20(15-17)34-5)21(24(30)26(28)31)23(29)16-9-7-10-18(13-16)32-3/h7,9-10,13-15,22,29H,8,11-12H2,1-6H3/t22-/m0/s1. The normalized spacial score (nSPS) is 17.1. The van der Waals surface area contributed by atoms with Crippen molar-refractivity contribution in [3.8, 4) is 23.0 Å². The van der Waals surface area contributed by atoms with Gasteiger partial charge in [-0.3, -0.25) is 9.59 Å². The van der Waals surface area contributed by atoms with Gasteiger partial charge >= 0.3 is 0 Å². The molecule has 0 bridgehead atoms. The molecular weight excluding hydrogens is 452 g/mol. The SMILES string of the molecule is COc1cccc(C(O)=C2C(=O)C(=O)N(CCCN(C)C)[C@H]2c2cc(OC)c(OC)c(OC)c2)c1. The van der Waals surface area contributed by atoms with Crippen LogP contribution in [0.5, 0.6) is 23.0 Å². The zero-order valence-electron chi connectivity index (χ0n) is 21.0. The maximum Gasteiger partial charge on any atom is 0.295 e. The summed E-state index contributed by atoms with van der Waals surface area (Å²) in [6.07, 6.45) is 0.639. The number of carbonyl (C=O) groups excluding carboxylic acids is 2. The molecule has 2 aromatic carbocycles. The number of hydrogen-bond donors (Lipinski definition) is 1. The fourth-order valence-electron chi connectivity index (χ4n) is 4.20. The van der Waals surface area contributed by atoms with Gasteiger partial charge < -0.3 is 33.9 Å². The lowest BCUT2D eigenvalue weighted by Crippen LogP contribution is -2.32. The lowest BCUT2D eigenvalue weighted by Gasteiger charge is -2.27. The first-order chi connectivity index (χ1) is 16.8. The number of Topliss-reactive ketones (excluding diaryl/α,β-unsaturated/α-hetero) is 1. The third kappa shape index (κ3) is 5.19. The van der Waals surface area contributed by atoms with Crippen LogP contribution in [0.3, 0.4) is 0 Å². The van der Waals surface area contributed by atoms with Crippen LogP contribution in [0.2, 0.25) is 0 Å². The second kappa shape index (κ2) is 11.1. The van der Waals surface area contributed by atoms with Gasteiger partial charge in [0.05, 0.1) is 40.1 Å². The molecule has 9 nitrogen and oxygen atoms in total. The Morgan fingerprint density at radius 2 is 1.63 bits per heavy atom. The first-order valence-corrected chi connectivity index (χ1v) is 11.1. The number of likely N-dealkylation sites (tertiary alicyclic amines) is 1. The number of aliphatic hydroxyl groups is 1. The molecule has 1 heterocycles. The van der Waals surface area contributed by atoms with E-state index in [0.717, 1.165) is 6.54 Å². The van der Waals surface area contributed by atoms with Gasteiger partial charge in [0, 0.05) is 12.1 Å². The van der Waals surface area contributed by atoms with E-state index >= 15 is 0 Å². The van der Waals surface area contributed by atoms with Gasteiger partial charge in [0.2, 0.25) is 5.75 Å². The molecule has 3 rings (SSSR count). The topological polar surface area (TPSA) is 97.8 Å². The van der Waals surface area contributed by atoms with Crippen molar-refractivity contribution in [2.75, 3.05) is 55.6 Å². The molecule has 1 N–H and O–H groups in total. The van der Waals surface area contributed by atoms with Gasteiger partial charge in [-0.2, -0.15) is 0 Å². The fourth-order valence-corrected chi connectivity index (χ4v) is 4.20. The summed E-state index contributed by atoms with van der Waals surface area (Å²) in [6.45, 7) is 1.04. The van der Waals surface area contributed by atoms with Crippen LogP contribution in [0.4, 0.5) is 0 Å². The van der Waals surface area contributed by atoms with Crippen molar-refractivity contribution in [2.45, 2.75) is 12.5 Å². The van der Waals surface area contributed by atoms with Crippen molar-refractivity contribution < 1.29 is 33.6 Å². The van der Waals surface area contributed by atoms with Crippen LogP contribution in [-0.4, -0.2) is 82.2 Å². The molecule has 188 valence electrons. The van der Waals surface area contributed by atoms with Crippen LogP contribution in [-0.2, 0) is 9.59 Å². The number of benzene rings is 2. The lowest BCUT2D eigenvalue weighted by atomic mass is 9.94. The lowest BCUT2D eigenvalue weighted by molar-refractivity contribution is -0.139. The van der Waals surface area contributed by atoms with Crippen molar-refractivity contribution in [1.82, 2.24) is 9.80 Å². The minimum atomic E-state index is -0.850. The molecular formula is C26H32N2O7. The van der Waals surface area contributed by atoms with E-state index in [2.05, 4.69) is 0 Å². The molecule has 9 heteroatoms. The molecule has 1 amide bonds. The van der Waals surface area contributed by atoms with E-state index in [9.17, 15) is 14.7 Å². The summed E-state index contributed by atoms with van der Waals surface area (Å²) in [4.78, 5) is 29.9. The Bertz CT molecular complexity index is 1100. The third-order valence-corrected chi connectivity index (χ3v) is 5.89. The Hall–Kier alpha value is -3.72. The Kier molecular flexibility index (Phi) is 8.24. The quantitative estimate of drug-likeness (QED) is 0.312. The van der Waals surface area contributed by atoms with Crippen LogP contribution in [0.25, 0.3) is 5.76 Å². The number of hydrogen-bond acceptors (Lipinski definition) is 8. The number of nitrogens with zero attached hydrogens (tertiary/aromatic N) is 2. The van der Waals surface area contributed by atoms with E-state index in [1.54, 1.807) is 36.4 Å². The molecule has 1 atom stereocenters. The first kappa shape index (κ1) is 25.9. The summed E-state index contributed by atoms with van der Waals surface area (Å²) in [5.74, 6) is -0.0593. The molecule has 1 fully saturated rings. The molecule has 35 heavy (non-hydrogen) atoms. The van der Waals surface area contributed by atoms with E-state index in [1.807, 2.05) is 19.0 Å². The zero-order valence-corrected chi connectivity index (χ0v) is 21.0. The van der Waals surface area contributed by atoms with Crippen LogP contribution >= 0.6 is 0 Å². The molecule has 2 aromatic rings. The van der Waals surface area contributed by atoms with E-state index in [1.165, 1.54) is 33.3 Å². The monoisotopic (exact) mass is 484 g/mol. The van der Waals surface area contributed by atoms with Crippen molar-refractivity contribution in [1.29, 1.82) is 0 Å². The first-order valence-electron chi connectivity index (χ1n) is 11.1. The summed E-state index contributed by atoms with van der Waals surface area (Å²) in [5.41, 5.74) is 0.906. The van der Waals surface area contributed by atoms with Crippen LogP contribution in [0.1, 0.15) is 23.6 Å². The predicted molar refractivity (Wildman–Crippen MR) is 131 cm³/mol. The highest BCUT2D eigenvalue weighted by atomic mass is 16.5. The maximum absolute atomic E-state index is 13.3. The van der Waals surface area contributed by atoms with Gasteiger partial charge in [-0.05, 0) is 56.9 Å². The molecule has 0 saturated carbocycles. The smallest absolute Gasteiger partial charge is 0.295 e. The average Bonchev–Trinajstić information content (AvgIpc) is 3.12. The van der Waals surface area contributed by atoms with E-state index in [4.69, 9.17) is 18.9 Å². The van der Waals surface area contributed by atoms with Gasteiger partial charge in [0.25, 0.3) is 11.7 Å². The van der Waals surface area contributed by atoms with Crippen molar-refractivity contribution in [3.63, 3.8) is 0 Å². The number of ketones is 1. The van der Waals surface area contributed by atoms with Crippen LogP contribution in [0, 0.1) is 0 Å². The summed E-state index contributed by atoms with van der Waals surface area (Å²) in [7, 11) is 9.87. The predicted octanol–water partition coefficient (Wildman–Crippen LogP) is 3.09. The minimum Gasteiger partial charge on any atom is -0.507 e.